The number of aliphatic hydroxyl groups excluding tert-OH is 1. The molecule has 4 N–H and O–H groups in total. The lowest BCUT2D eigenvalue weighted by Gasteiger charge is -2.31. The van der Waals surface area contributed by atoms with Crippen LogP contribution in [-0.4, -0.2) is 100 Å². The number of aromatic nitrogens is 1. The highest BCUT2D eigenvalue weighted by Crippen LogP contribution is 2.21. The van der Waals surface area contributed by atoms with E-state index in [1.807, 2.05) is 50.2 Å². The third-order valence-electron chi connectivity index (χ3n) is 11.7. The molecule has 0 radical (unpaired) electrons. The second-order valence-electron chi connectivity index (χ2n) is 16.5. The minimum absolute atomic E-state index is 0. The van der Waals surface area contributed by atoms with E-state index < -0.39 is 0 Å². The molecular weight excluding hydrogens is 863 g/mol. The number of morpholine rings is 1. The number of likely N-dealkylation sites (tertiary alicyclic amines) is 1. The van der Waals surface area contributed by atoms with Crippen LogP contribution in [0.15, 0.2) is 64.0 Å². The predicted octanol–water partition coefficient (Wildman–Crippen LogP) is 15.6. The fraction of sp³-hybridized carbons (Fsp3) is 0.754. The number of primary amides is 1. The molecular formula is C57H119N7O5. The normalized spacial score (nSPS) is 15.7. The van der Waals surface area contributed by atoms with Crippen LogP contribution in [0.2, 0.25) is 0 Å². The van der Waals surface area contributed by atoms with E-state index in [4.69, 9.17) is 20.7 Å². The average Bonchev–Trinajstić information content (AvgIpc) is 4.02. The van der Waals surface area contributed by atoms with Gasteiger partial charge in [-0.2, -0.15) is 5.11 Å². The zero-order valence-electron chi connectivity index (χ0n) is 41.6. The van der Waals surface area contributed by atoms with Gasteiger partial charge in [-0.25, -0.2) is 4.99 Å². The van der Waals surface area contributed by atoms with Crippen LogP contribution in [0.4, 0.5) is 0 Å². The van der Waals surface area contributed by atoms with Crippen molar-refractivity contribution in [3.63, 3.8) is 0 Å². The van der Waals surface area contributed by atoms with Gasteiger partial charge >= 0.3 is 0 Å². The van der Waals surface area contributed by atoms with Gasteiger partial charge in [0, 0.05) is 62.4 Å². The van der Waals surface area contributed by atoms with E-state index in [1.54, 1.807) is 19.1 Å². The van der Waals surface area contributed by atoms with Crippen LogP contribution in [0.25, 0.3) is 0 Å². The number of amidine groups is 1. The summed E-state index contributed by atoms with van der Waals surface area (Å²) in [6.07, 6.45) is 12.9. The number of nitrogens with two attached hydrogens (primary N) is 1. The Bertz CT molecular complexity index is 1440. The Morgan fingerprint density at radius 1 is 0.652 bits per heavy atom. The van der Waals surface area contributed by atoms with E-state index in [0.29, 0.717) is 42.1 Å². The van der Waals surface area contributed by atoms with Gasteiger partial charge in [-0.05, 0) is 119 Å². The third kappa shape index (κ3) is 41.7. The first-order valence-corrected chi connectivity index (χ1v) is 23.7. The van der Waals surface area contributed by atoms with Gasteiger partial charge in [-0.1, -0.05) is 140 Å². The van der Waals surface area contributed by atoms with Gasteiger partial charge in [0.1, 0.15) is 5.75 Å². The molecule has 7 atom stereocenters. The van der Waals surface area contributed by atoms with E-state index >= 15 is 0 Å². The zero-order valence-corrected chi connectivity index (χ0v) is 41.6. The van der Waals surface area contributed by atoms with Crippen molar-refractivity contribution in [1.82, 2.24) is 14.8 Å². The molecule has 69 heavy (non-hydrogen) atoms. The van der Waals surface area contributed by atoms with Crippen molar-refractivity contribution in [3.05, 3.63) is 59.9 Å². The molecule has 0 bridgehead atoms. The molecule has 0 spiro atoms. The Morgan fingerprint density at radius 3 is 1.42 bits per heavy atom. The van der Waals surface area contributed by atoms with Gasteiger partial charge in [0.25, 0.3) is 0 Å². The van der Waals surface area contributed by atoms with Gasteiger partial charge < -0.3 is 25.6 Å². The second-order valence-corrected chi connectivity index (χ2v) is 16.5. The molecule has 5 rings (SSSR count). The number of aromatic hydroxyl groups is 1. The number of hydrogen-bond acceptors (Lipinski definition) is 10. The summed E-state index contributed by atoms with van der Waals surface area (Å²) in [6, 6.07) is 12.8. The van der Waals surface area contributed by atoms with Gasteiger partial charge in [0.05, 0.1) is 19.3 Å². The fourth-order valence-corrected chi connectivity index (χ4v) is 5.48. The van der Waals surface area contributed by atoms with Crippen molar-refractivity contribution in [1.29, 1.82) is 0 Å². The molecule has 3 aliphatic heterocycles. The van der Waals surface area contributed by atoms with E-state index in [-0.39, 0.29) is 69.9 Å². The molecule has 2 aromatic rings. The summed E-state index contributed by atoms with van der Waals surface area (Å²) in [7, 11) is 0. The Balaban J connectivity index is -0.0000000863. The molecule has 412 valence electrons. The van der Waals surface area contributed by atoms with Gasteiger partial charge in [-0.3, -0.25) is 19.5 Å². The number of amides is 2. The standard InChI is InChI=1S/C10H14O.C9H13N.C8H17NO.C8H15NO.C6H11N3.C5H11NO.C4H10O.7CH4/c1-3-8(2)9-4-6-10(11)7-5-9;2*1-3-8(2)9-4-6-10-7-5-9;1-3-7(2)9-6-4-5-8(9)10;1-3-5(2)6-7-4-8-9-6;1-3-4(2)5(6)7;1-3-4(2)5;;;;;;;/h4-8,11H,3H2,1-2H3;4-8H,3H2,1-2H3;8H,3-7H2,1-2H3;7H,3-6H2,1-2H3;5H,3-4H2,1-2H3;4H,3H2,1-2H3,(H2,6,7);4-5H,3H2,1-2H3;7*1H4. The van der Waals surface area contributed by atoms with E-state index in [2.05, 4.69) is 106 Å². The maximum absolute atomic E-state index is 11.1. The Kier molecular flexibility index (Phi) is 66.1. The molecule has 12 heteroatoms. The van der Waals surface area contributed by atoms with Gasteiger partial charge in [-0.15, -0.1) is 5.11 Å². The van der Waals surface area contributed by atoms with Gasteiger partial charge in [0.15, 0.2) is 12.5 Å². The monoisotopic (exact) mass is 982 g/mol. The topological polar surface area (TPSA) is 166 Å². The van der Waals surface area contributed by atoms with Crippen LogP contribution in [0.3, 0.4) is 0 Å². The molecule has 3 aliphatic rings. The molecule has 1 aromatic heterocycles. The Labute approximate surface area is 430 Å². The summed E-state index contributed by atoms with van der Waals surface area (Å²) >= 11 is 0. The predicted molar refractivity (Wildman–Crippen MR) is 307 cm³/mol. The highest BCUT2D eigenvalue weighted by atomic mass is 16.5. The number of rotatable bonds is 13. The van der Waals surface area contributed by atoms with Crippen molar-refractivity contribution in [2.75, 3.05) is 39.5 Å². The molecule has 2 saturated heterocycles. The van der Waals surface area contributed by atoms with Gasteiger partial charge in [0.2, 0.25) is 11.8 Å². The van der Waals surface area contributed by atoms with Crippen molar-refractivity contribution < 1.29 is 24.5 Å². The lowest BCUT2D eigenvalue weighted by atomic mass is 9.99. The summed E-state index contributed by atoms with van der Waals surface area (Å²) in [4.78, 5) is 33.8. The third-order valence-corrected chi connectivity index (χ3v) is 11.7. The largest absolute Gasteiger partial charge is 0.508 e. The van der Waals surface area contributed by atoms with Crippen molar-refractivity contribution >= 4 is 17.6 Å². The number of phenols is 1. The number of ether oxygens (including phenoxy) is 1. The number of aliphatic hydroxyl groups is 1. The van der Waals surface area contributed by atoms with Crippen molar-refractivity contribution in [3.8, 4) is 5.75 Å². The average molecular weight is 983 g/mol. The molecule has 2 fully saturated rings. The first kappa shape index (κ1) is 85.1. The van der Waals surface area contributed by atoms with Crippen LogP contribution in [-0.2, 0) is 14.3 Å². The molecule has 0 aliphatic carbocycles. The number of aliphatic imine (C=N–C) groups is 1. The first-order valence-electron chi connectivity index (χ1n) is 23.7. The summed E-state index contributed by atoms with van der Waals surface area (Å²) in [6.45, 7) is 34.9. The van der Waals surface area contributed by atoms with E-state index in [1.165, 1.54) is 24.0 Å². The molecule has 1 aromatic carbocycles. The highest BCUT2D eigenvalue weighted by molar-refractivity contribution is 5.85. The number of pyridine rings is 1. The Morgan fingerprint density at radius 2 is 1.10 bits per heavy atom. The van der Waals surface area contributed by atoms with Crippen molar-refractivity contribution in [2.45, 2.75) is 237 Å². The van der Waals surface area contributed by atoms with Crippen LogP contribution in [0.1, 0.15) is 230 Å². The fourth-order valence-electron chi connectivity index (χ4n) is 5.48. The molecule has 12 nitrogen and oxygen atoms in total. The van der Waals surface area contributed by atoms with E-state index in [0.717, 1.165) is 89.7 Å². The molecule has 2 amide bonds. The summed E-state index contributed by atoms with van der Waals surface area (Å²) in [5, 5.41) is 25.0. The number of carbonyl (C=O) groups is 2. The maximum Gasteiger partial charge on any atom is 0.222 e. The highest BCUT2D eigenvalue weighted by Gasteiger charge is 2.23. The van der Waals surface area contributed by atoms with Crippen LogP contribution in [0.5, 0.6) is 5.75 Å². The smallest absolute Gasteiger partial charge is 0.222 e. The summed E-state index contributed by atoms with van der Waals surface area (Å²) < 4.78 is 5.25. The molecule has 4 heterocycles. The van der Waals surface area contributed by atoms with E-state index in [9.17, 15) is 9.59 Å². The minimum atomic E-state index is -0.206. The maximum atomic E-state index is 11.1. The first-order chi connectivity index (χ1) is 29.5. The molecule has 0 saturated carbocycles. The zero-order chi connectivity index (χ0) is 47.5. The summed E-state index contributed by atoms with van der Waals surface area (Å²) in [5.41, 5.74) is 7.59. The van der Waals surface area contributed by atoms with Crippen LogP contribution >= 0.6 is 0 Å². The van der Waals surface area contributed by atoms with Crippen LogP contribution < -0.4 is 5.73 Å². The second kappa shape index (κ2) is 53.6. The summed E-state index contributed by atoms with van der Waals surface area (Å²) in [5.74, 6) is 3.18. The number of benzene rings is 1. The minimum Gasteiger partial charge on any atom is -0.508 e. The number of hydrogen-bond donors (Lipinski definition) is 3. The lowest BCUT2D eigenvalue weighted by Crippen LogP contribution is -2.41. The molecule has 7 unspecified atom stereocenters. The number of azo groups is 1. The number of carbonyl (C=O) groups excluding carboxylic acids is 2. The Hall–Kier alpha value is -3.74. The number of phenolic OH excluding ortho intramolecular Hbond substituents is 1. The number of nitrogens with zero attached hydrogens (tertiary/aromatic N) is 6. The SMILES string of the molecule is C.C.C.C.C.C.C.CCC(C)C(N)=O.CCC(C)C1=NCN=N1.CCC(C)N1CCCC1=O.CCC(C)N1CCOCC1.CCC(C)O.CCC(C)c1ccc(O)cc1.CCC(C)c1ccncc1. The van der Waals surface area contributed by atoms with Crippen molar-refractivity contribution in [2.24, 2.45) is 32.8 Å². The quantitative estimate of drug-likeness (QED) is 0.180. The van der Waals surface area contributed by atoms with Crippen LogP contribution in [0, 0.1) is 11.8 Å². The lowest BCUT2D eigenvalue weighted by molar-refractivity contribution is -0.129.